The summed E-state index contributed by atoms with van der Waals surface area (Å²) >= 11 is 0. The van der Waals surface area contributed by atoms with Gasteiger partial charge >= 0.3 is 16.1 Å². The Kier molecular flexibility index (Phi) is 4.93. The SMILES string of the molecule is C=COS(=O)(=O)CCOC(=O)C(=C)C. The quantitative estimate of drug-likeness (QED) is 0.284. The van der Waals surface area contributed by atoms with Gasteiger partial charge in [0.2, 0.25) is 0 Å². The van der Waals surface area contributed by atoms with Gasteiger partial charge in [0.05, 0.1) is 6.26 Å². The average Bonchev–Trinajstić information content (AvgIpc) is 2.03. The zero-order valence-corrected chi connectivity index (χ0v) is 8.67. The Bertz CT molecular complexity index is 328. The summed E-state index contributed by atoms with van der Waals surface area (Å²) in [6.07, 6.45) is 0.801. The summed E-state index contributed by atoms with van der Waals surface area (Å²) in [7, 11) is -3.68. The van der Waals surface area contributed by atoms with E-state index in [4.69, 9.17) is 0 Å². The highest BCUT2D eigenvalue weighted by molar-refractivity contribution is 7.86. The molecule has 0 saturated carbocycles. The minimum atomic E-state index is -3.68. The van der Waals surface area contributed by atoms with Crippen molar-refractivity contribution in [2.45, 2.75) is 6.92 Å². The van der Waals surface area contributed by atoms with Crippen LogP contribution in [0.25, 0.3) is 0 Å². The first kappa shape index (κ1) is 12.7. The van der Waals surface area contributed by atoms with E-state index in [1.807, 2.05) is 0 Å². The lowest BCUT2D eigenvalue weighted by molar-refractivity contribution is -0.138. The minimum Gasteiger partial charge on any atom is -0.461 e. The van der Waals surface area contributed by atoms with Crippen LogP contribution < -0.4 is 0 Å². The molecule has 0 spiro atoms. The molecule has 0 aliphatic heterocycles. The van der Waals surface area contributed by atoms with Crippen molar-refractivity contribution in [1.29, 1.82) is 0 Å². The zero-order valence-electron chi connectivity index (χ0n) is 7.86. The van der Waals surface area contributed by atoms with E-state index in [9.17, 15) is 13.2 Å². The third-order valence-electron chi connectivity index (χ3n) is 1.13. The van der Waals surface area contributed by atoms with Crippen molar-refractivity contribution in [1.82, 2.24) is 0 Å². The van der Waals surface area contributed by atoms with Crippen LogP contribution in [0, 0.1) is 0 Å². The van der Waals surface area contributed by atoms with Crippen LogP contribution in [0.4, 0.5) is 0 Å². The van der Waals surface area contributed by atoms with Crippen LogP contribution in [-0.2, 0) is 23.8 Å². The minimum absolute atomic E-state index is 0.215. The Hall–Kier alpha value is -1.30. The predicted molar refractivity (Wildman–Crippen MR) is 50.8 cm³/mol. The average molecular weight is 220 g/mol. The Balaban J connectivity index is 3.91. The van der Waals surface area contributed by atoms with Gasteiger partial charge in [-0.15, -0.1) is 0 Å². The fourth-order valence-corrected chi connectivity index (χ4v) is 1.10. The Labute approximate surface area is 83.1 Å². The molecule has 0 aromatic carbocycles. The molecule has 80 valence electrons. The highest BCUT2D eigenvalue weighted by Gasteiger charge is 2.11. The maximum absolute atomic E-state index is 10.9. The largest absolute Gasteiger partial charge is 0.461 e. The van der Waals surface area contributed by atoms with Gasteiger partial charge in [-0.2, -0.15) is 8.42 Å². The lowest BCUT2D eigenvalue weighted by Gasteiger charge is -2.04. The lowest BCUT2D eigenvalue weighted by atomic mass is 10.4. The van der Waals surface area contributed by atoms with Crippen LogP contribution >= 0.6 is 0 Å². The molecule has 0 aromatic heterocycles. The predicted octanol–water partition coefficient (Wildman–Crippen LogP) is 0.596. The van der Waals surface area contributed by atoms with E-state index in [-0.39, 0.29) is 12.2 Å². The summed E-state index contributed by atoms with van der Waals surface area (Å²) in [6.45, 7) is 7.64. The van der Waals surface area contributed by atoms with Crippen LogP contribution in [0.3, 0.4) is 0 Å². The number of hydrogen-bond acceptors (Lipinski definition) is 5. The Morgan fingerprint density at radius 3 is 2.50 bits per heavy atom. The molecule has 0 atom stereocenters. The van der Waals surface area contributed by atoms with Gasteiger partial charge in [0.25, 0.3) is 0 Å². The van der Waals surface area contributed by atoms with Crippen molar-refractivity contribution in [3.63, 3.8) is 0 Å². The van der Waals surface area contributed by atoms with Gasteiger partial charge in [0, 0.05) is 5.57 Å². The van der Waals surface area contributed by atoms with Crippen LogP contribution in [-0.4, -0.2) is 26.7 Å². The molecule has 0 fully saturated rings. The van der Waals surface area contributed by atoms with E-state index in [0.717, 1.165) is 6.26 Å². The van der Waals surface area contributed by atoms with E-state index in [1.54, 1.807) is 0 Å². The van der Waals surface area contributed by atoms with E-state index in [1.165, 1.54) is 6.92 Å². The third kappa shape index (κ3) is 5.36. The molecule has 0 unspecified atom stereocenters. The first-order chi connectivity index (χ1) is 6.39. The Morgan fingerprint density at radius 1 is 1.50 bits per heavy atom. The third-order valence-corrected chi connectivity index (χ3v) is 2.23. The smallest absolute Gasteiger partial charge is 0.333 e. The molecule has 0 aliphatic carbocycles. The standard InChI is InChI=1S/C8H12O5S/c1-4-13-14(10,11)6-5-12-8(9)7(2)3/h4H,1-2,5-6H2,3H3. The van der Waals surface area contributed by atoms with Crippen molar-refractivity contribution in [3.05, 3.63) is 25.0 Å². The maximum Gasteiger partial charge on any atom is 0.333 e. The molecular formula is C8H12O5S. The molecule has 0 rings (SSSR count). The van der Waals surface area contributed by atoms with E-state index in [2.05, 4.69) is 22.1 Å². The van der Waals surface area contributed by atoms with Crippen molar-refractivity contribution in [3.8, 4) is 0 Å². The fourth-order valence-electron chi connectivity index (χ4n) is 0.511. The maximum atomic E-state index is 10.9. The number of ether oxygens (including phenoxy) is 1. The summed E-state index contributed by atoms with van der Waals surface area (Å²) in [6, 6.07) is 0. The molecular weight excluding hydrogens is 208 g/mol. The van der Waals surface area contributed by atoms with Gasteiger partial charge in [-0.1, -0.05) is 13.2 Å². The molecule has 6 heteroatoms. The highest BCUT2D eigenvalue weighted by atomic mass is 32.2. The van der Waals surface area contributed by atoms with Gasteiger partial charge < -0.3 is 8.92 Å². The molecule has 0 aromatic rings. The lowest BCUT2D eigenvalue weighted by Crippen LogP contribution is -2.16. The van der Waals surface area contributed by atoms with E-state index < -0.39 is 21.8 Å². The van der Waals surface area contributed by atoms with Gasteiger partial charge in [-0.3, -0.25) is 0 Å². The number of carbonyl (C=O) groups excluding carboxylic acids is 1. The number of rotatable bonds is 6. The monoisotopic (exact) mass is 220 g/mol. The molecule has 0 saturated heterocycles. The summed E-state index contributed by atoms with van der Waals surface area (Å²) < 4.78 is 30.5. The topological polar surface area (TPSA) is 69.7 Å². The zero-order chi connectivity index (χ0) is 11.2. The fraction of sp³-hybridized carbons (Fsp3) is 0.375. The molecule has 0 amide bonds. The van der Waals surface area contributed by atoms with Gasteiger partial charge in [-0.25, -0.2) is 4.79 Å². The molecule has 0 aliphatic rings. The Morgan fingerprint density at radius 2 is 2.07 bits per heavy atom. The molecule has 0 heterocycles. The van der Waals surface area contributed by atoms with Gasteiger partial charge in [0.1, 0.15) is 12.4 Å². The van der Waals surface area contributed by atoms with Crippen LogP contribution in [0.1, 0.15) is 6.92 Å². The van der Waals surface area contributed by atoms with Crippen LogP contribution in [0.2, 0.25) is 0 Å². The molecule has 0 radical (unpaired) electrons. The second-order valence-electron chi connectivity index (χ2n) is 2.44. The van der Waals surface area contributed by atoms with Gasteiger partial charge in [-0.05, 0) is 6.92 Å². The van der Waals surface area contributed by atoms with Crippen LogP contribution in [0.5, 0.6) is 0 Å². The molecule has 0 N–H and O–H groups in total. The molecule has 5 nitrogen and oxygen atoms in total. The second-order valence-corrected chi connectivity index (χ2v) is 4.16. The first-order valence-corrected chi connectivity index (χ1v) is 5.31. The normalized spacial score (nSPS) is 10.4. The van der Waals surface area contributed by atoms with Crippen LogP contribution in [0.15, 0.2) is 25.0 Å². The van der Waals surface area contributed by atoms with Crippen molar-refractivity contribution < 1.29 is 22.1 Å². The van der Waals surface area contributed by atoms with Gasteiger partial charge in [0.15, 0.2) is 0 Å². The number of esters is 1. The van der Waals surface area contributed by atoms with Crippen molar-refractivity contribution >= 4 is 16.1 Å². The van der Waals surface area contributed by atoms with Crippen molar-refractivity contribution in [2.75, 3.05) is 12.4 Å². The summed E-state index contributed by atoms with van der Waals surface area (Å²) in [5.74, 6) is -1.03. The molecule has 0 bridgehead atoms. The van der Waals surface area contributed by atoms with E-state index in [0.29, 0.717) is 0 Å². The van der Waals surface area contributed by atoms with E-state index >= 15 is 0 Å². The second kappa shape index (κ2) is 5.43. The number of carbonyl (C=O) groups is 1. The summed E-state index contributed by atoms with van der Waals surface area (Å²) in [5.41, 5.74) is 0.215. The highest BCUT2D eigenvalue weighted by Crippen LogP contribution is 1.96. The number of hydrogen-bond donors (Lipinski definition) is 0. The first-order valence-electron chi connectivity index (χ1n) is 3.73. The van der Waals surface area contributed by atoms with Crippen molar-refractivity contribution in [2.24, 2.45) is 0 Å². The summed E-state index contributed by atoms with van der Waals surface area (Å²) in [5, 5.41) is 0. The summed E-state index contributed by atoms with van der Waals surface area (Å²) in [4.78, 5) is 10.8. The molecule has 14 heavy (non-hydrogen) atoms.